The number of hydrogen-bond acceptors (Lipinski definition) is 4. The lowest BCUT2D eigenvalue weighted by molar-refractivity contribution is -0.125. The number of unbranched alkanes of at least 4 members (excludes halogenated alkanes) is 1. The highest BCUT2D eigenvalue weighted by molar-refractivity contribution is 6.02. The van der Waals surface area contributed by atoms with Crippen molar-refractivity contribution < 1.29 is 14.7 Å². The predicted octanol–water partition coefficient (Wildman–Crippen LogP) is 5.22. The maximum absolute atomic E-state index is 12.8. The van der Waals surface area contributed by atoms with Crippen LogP contribution >= 0.6 is 0 Å². The van der Waals surface area contributed by atoms with Gasteiger partial charge in [-0.2, -0.15) is 0 Å². The Morgan fingerprint density at radius 1 is 1.21 bits per heavy atom. The summed E-state index contributed by atoms with van der Waals surface area (Å²) in [6, 6.07) is 5.95. The van der Waals surface area contributed by atoms with Gasteiger partial charge in [0.25, 0.3) is 0 Å². The van der Waals surface area contributed by atoms with Gasteiger partial charge >= 0.3 is 0 Å². The van der Waals surface area contributed by atoms with E-state index in [9.17, 15) is 14.7 Å². The summed E-state index contributed by atoms with van der Waals surface area (Å²) in [6.45, 7) is 12.8. The number of hydrogen-bond donors (Lipinski definition) is 3. The van der Waals surface area contributed by atoms with Gasteiger partial charge in [-0.1, -0.05) is 52.3 Å². The Balaban J connectivity index is 0.000000405. The van der Waals surface area contributed by atoms with E-state index in [1.54, 1.807) is 0 Å². The van der Waals surface area contributed by atoms with Crippen molar-refractivity contribution in [2.45, 2.75) is 85.2 Å². The zero-order valence-electron chi connectivity index (χ0n) is 21.3. The van der Waals surface area contributed by atoms with E-state index in [4.69, 9.17) is 0 Å². The molecule has 2 saturated heterocycles. The van der Waals surface area contributed by atoms with Crippen LogP contribution in [0.15, 0.2) is 24.3 Å². The van der Waals surface area contributed by atoms with Crippen molar-refractivity contribution in [2.24, 2.45) is 11.8 Å². The minimum Gasteiger partial charge on any atom is -0.385 e. The van der Waals surface area contributed by atoms with Crippen molar-refractivity contribution in [1.82, 2.24) is 10.6 Å². The van der Waals surface area contributed by atoms with Crippen LogP contribution in [0, 0.1) is 11.8 Å². The van der Waals surface area contributed by atoms with E-state index in [0.717, 1.165) is 74.0 Å². The zero-order chi connectivity index (χ0) is 24.4. The van der Waals surface area contributed by atoms with Crippen molar-refractivity contribution >= 4 is 17.3 Å². The molecule has 2 heterocycles. The molecule has 1 aromatic rings. The summed E-state index contributed by atoms with van der Waals surface area (Å²) in [5, 5.41) is 17.2. The first-order chi connectivity index (χ1) is 15.7. The Morgan fingerprint density at radius 3 is 2.45 bits per heavy atom. The van der Waals surface area contributed by atoms with Crippen LogP contribution in [0.5, 0.6) is 0 Å². The number of Topliss-reactive ketones (excluding diaryl/α,β-unsaturated/α-hetero) is 1. The third-order valence-electron chi connectivity index (χ3n) is 7.04. The zero-order valence-corrected chi connectivity index (χ0v) is 21.3. The van der Waals surface area contributed by atoms with Crippen LogP contribution in [0.2, 0.25) is 0 Å². The van der Waals surface area contributed by atoms with Gasteiger partial charge in [0, 0.05) is 23.9 Å². The van der Waals surface area contributed by atoms with Crippen molar-refractivity contribution in [3.63, 3.8) is 0 Å². The number of benzene rings is 1. The fraction of sp³-hybridized carbons (Fsp3) is 0.643. The number of rotatable bonds is 7. The number of carbonyl (C=O) groups is 2. The molecule has 2 atom stereocenters. The summed E-state index contributed by atoms with van der Waals surface area (Å²) in [5.74, 6) is 0.691. The average Bonchev–Trinajstić information content (AvgIpc) is 2.84. The molecule has 2 aliphatic rings. The molecule has 0 aromatic heterocycles. The Kier molecular flexibility index (Phi) is 10.8. The van der Waals surface area contributed by atoms with E-state index in [0.29, 0.717) is 12.8 Å². The number of aliphatic hydroxyl groups is 1. The number of amides is 1. The summed E-state index contributed by atoms with van der Waals surface area (Å²) < 4.78 is 0. The lowest BCUT2D eigenvalue weighted by Crippen LogP contribution is -2.39. The Hall–Kier alpha value is -1.98. The minimum atomic E-state index is -0.789. The number of allylic oxidation sites excluding steroid dienone is 2. The molecular formula is C28H44N2O3. The second-order valence-electron chi connectivity index (χ2n) is 9.73. The standard InChI is InChI=1S/C22H33NO2.C6H11NO/c1-5-7-8-17(4)20-15-18(22(25)11-13-23-14-12-22)9-10-19(20)21(24)16(3)6-2;1-5-3-2-4-7-6(5)8/h8-10,15-16,23,25H,5-7,11-14H2,1-4H3;5H,2-4H2,1H3,(H,7,8)/b17-8+;. The quantitative estimate of drug-likeness (QED) is 0.491. The molecule has 2 unspecified atom stereocenters. The van der Waals surface area contributed by atoms with Gasteiger partial charge in [0.15, 0.2) is 5.78 Å². The summed E-state index contributed by atoms with van der Waals surface area (Å²) in [6.07, 6.45) is 8.76. The molecular weight excluding hydrogens is 412 g/mol. The molecule has 0 spiro atoms. The Labute approximate surface area is 200 Å². The van der Waals surface area contributed by atoms with E-state index in [1.165, 1.54) is 0 Å². The molecule has 0 aliphatic carbocycles. The smallest absolute Gasteiger partial charge is 0.222 e. The van der Waals surface area contributed by atoms with Crippen molar-refractivity contribution in [3.05, 3.63) is 41.0 Å². The summed E-state index contributed by atoms with van der Waals surface area (Å²) in [5.41, 5.74) is 3.06. The lowest BCUT2D eigenvalue weighted by atomic mass is 9.81. The Morgan fingerprint density at radius 2 is 1.91 bits per heavy atom. The molecule has 3 rings (SSSR count). The van der Waals surface area contributed by atoms with Gasteiger partial charge in [0.05, 0.1) is 5.60 Å². The molecule has 5 heteroatoms. The van der Waals surface area contributed by atoms with Crippen LogP contribution in [0.3, 0.4) is 0 Å². The molecule has 2 fully saturated rings. The molecule has 0 bridgehead atoms. The van der Waals surface area contributed by atoms with Gasteiger partial charge < -0.3 is 15.7 Å². The van der Waals surface area contributed by atoms with Crippen molar-refractivity contribution in [2.75, 3.05) is 19.6 Å². The molecule has 0 radical (unpaired) electrons. The normalized spacial score (nSPS) is 21.5. The van der Waals surface area contributed by atoms with Gasteiger partial charge in [-0.05, 0) is 81.3 Å². The number of carbonyl (C=O) groups excluding carboxylic acids is 2. The van der Waals surface area contributed by atoms with Crippen LogP contribution in [0.4, 0.5) is 0 Å². The van der Waals surface area contributed by atoms with Crippen LogP contribution in [-0.4, -0.2) is 36.4 Å². The topological polar surface area (TPSA) is 78.4 Å². The number of piperidine rings is 2. The highest BCUT2D eigenvalue weighted by Crippen LogP contribution is 2.34. The van der Waals surface area contributed by atoms with E-state index in [1.807, 2.05) is 32.9 Å². The van der Waals surface area contributed by atoms with E-state index >= 15 is 0 Å². The minimum absolute atomic E-state index is 0.0190. The molecule has 184 valence electrons. The third kappa shape index (κ3) is 7.51. The monoisotopic (exact) mass is 456 g/mol. The number of nitrogens with one attached hydrogen (secondary N) is 2. The second kappa shape index (κ2) is 13.0. The maximum Gasteiger partial charge on any atom is 0.222 e. The lowest BCUT2D eigenvalue weighted by Gasteiger charge is -2.33. The first-order valence-corrected chi connectivity index (χ1v) is 12.8. The highest BCUT2D eigenvalue weighted by atomic mass is 16.3. The second-order valence-corrected chi connectivity index (χ2v) is 9.73. The largest absolute Gasteiger partial charge is 0.385 e. The van der Waals surface area contributed by atoms with Crippen LogP contribution < -0.4 is 10.6 Å². The van der Waals surface area contributed by atoms with Crippen molar-refractivity contribution in [1.29, 1.82) is 0 Å². The fourth-order valence-electron chi connectivity index (χ4n) is 4.35. The van der Waals surface area contributed by atoms with Crippen molar-refractivity contribution in [3.8, 4) is 0 Å². The van der Waals surface area contributed by atoms with Gasteiger partial charge in [-0.3, -0.25) is 9.59 Å². The number of ketones is 1. The van der Waals surface area contributed by atoms with Gasteiger partial charge in [0.1, 0.15) is 0 Å². The van der Waals surface area contributed by atoms with E-state index in [2.05, 4.69) is 36.6 Å². The molecule has 2 aliphatic heterocycles. The van der Waals surface area contributed by atoms with Gasteiger partial charge in [-0.15, -0.1) is 0 Å². The Bertz CT molecular complexity index is 824. The van der Waals surface area contributed by atoms with Gasteiger partial charge in [0.2, 0.25) is 5.91 Å². The molecule has 1 aromatic carbocycles. The van der Waals surface area contributed by atoms with Crippen LogP contribution in [0.25, 0.3) is 5.57 Å². The SMILES string of the molecule is CC1CCCNC1=O.CCC/C=C(\C)c1cc(C2(O)CCNCC2)ccc1C(=O)C(C)CC. The molecule has 1 amide bonds. The highest BCUT2D eigenvalue weighted by Gasteiger charge is 2.32. The maximum atomic E-state index is 12.8. The van der Waals surface area contributed by atoms with Gasteiger partial charge in [-0.25, -0.2) is 0 Å². The molecule has 0 saturated carbocycles. The van der Waals surface area contributed by atoms with E-state index < -0.39 is 5.60 Å². The first-order valence-electron chi connectivity index (χ1n) is 12.8. The molecule has 5 nitrogen and oxygen atoms in total. The van der Waals surface area contributed by atoms with Crippen LogP contribution in [0.1, 0.15) is 101 Å². The fourth-order valence-corrected chi connectivity index (χ4v) is 4.35. The summed E-state index contributed by atoms with van der Waals surface area (Å²) >= 11 is 0. The third-order valence-corrected chi connectivity index (χ3v) is 7.04. The predicted molar refractivity (Wildman–Crippen MR) is 136 cm³/mol. The molecule has 33 heavy (non-hydrogen) atoms. The van der Waals surface area contributed by atoms with E-state index in [-0.39, 0.29) is 23.5 Å². The first kappa shape index (κ1) is 27.3. The summed E-state index contributed by atoms with van der Waals surface area (Å²) in [7, 11) is 0. The summed E-state index contributed by atoms with van der Waals surface area (Å²) in [4.78, 5) is 23.5. The van der Waals surface area contributed by atoms with Crippen LogP contribution in [-0.2, 0) is 10.4 Å². The average molecular weight is 457 g/mol. The molecule has 3 N–H and O–H groups in total.